The van der Waals surface area contributed by atoms with E-state index in [4.69, 9.17) is 5.26 Å². The van der Waals surface area contributed by atoms with Crippen LogP contribution < -0.4 is 0 Å². The Bertz CT molecular complexity index is 357. The fourth-order valence-corrected chi connectivity index (χ4v) is 2.28. The molecule has 0 bridgehead atoms. The normalized spacial score (nSPS) is 18.3. The van der Waals surface area contributed by atoms with Gasteiger partial charge in [-0.15, -0.1) is 0 Å². The van der Waals surface area contributed by atoms with E-state index in [0.29, 0.717) is 0 Å². The summed E-state index contributed by atoms with van der Waals surface area (Å²) in [7, 11) is 0. The van der Waals surface area contributed by atoms with Gasteiger partial charge in [0.2, 0.25) is 0 Å². The lowest BCUT2D eigenvalue weighted by Gasteiger charge is -2.35. The summed E-state index contributed by atoms with van der Waals surface area (Å²) in [5.41, 5.74) is 1.26. The highest BCUT2D eigenvalue weighted by atomic mass is 127. The van der Waals surface area contributed by atoms with Crippen LogP contribution in [0.4, 0.5) is 0 Å². The maximum atomic E-state index is 9.10. The quantitative estimate of drug-likeness (QED) is 0.766. The van der Waals surface area contributed by atoms with Crippen LogP contribution >= 0.6 is 22.6 Å². The summed E-state index contributed by atoms with van der Waals surface area (Å²) in [4.78, 5) is 0. The van der Waals surface area contributed by atoms with Crippen molar-refractivity contribution in [3.05, 3.63) is 33.4 Å². The van der Waals surface area contributed by atoms with Gasteiger partial charge in [0, 0.05) is 3.57 Å². The standard InChI is InChI=1S/C12H12IN/c13-11-4-2-10(3-5-11)8-12(9-14)6-1-7-12/h2-5H,1,6-8H2. The topological polar surface area (TPSA) is 23.8 Å². The molecule has 0 radical (unpaired) electrons. The van der Waals surface area contributed by atoms with Gasteiger partial charge in [-0.1, -0.05) is 18.6 Å². The number of benzene rings is 1. The van der Waals surface area contributed by atoms with Gasteiger partial charge < -0.3 is 0 Å². The number of hydrogen-bond donors (Lipinski definition) is 0. The van der Waals surface area contributed by atoms with Crippen LogP contribution in [0.15, 0.2) is 24.3 Å². The highest BCUT2D eigenvalue weighted by Crippen LogP contribution is 2.42. The maximum Gasteiger partial charge on any atom is 0.0693 e. The predicted molar refractivity (Wildman–Crippen MR) is 64.8 cm³/mol. The van der Waals surface area contributed by atoms with Crippen LogP contribution in [0.2, 0.25) is 0 Å². The minimum Gasteiger partial charge on any atom is -0.198 e. The zero-order valence-electron chi connectivity index (χ0n) is 7.96. The van der Waals surface area contributed by atoms with Gasteiger partial charge >= 0.3 is 0 Å². The molecule has 1 fully saturated rings. The lowest BCUT2D eigenvalue weighted by atomic mass is 9.66. The van der Waals surface area contributed by atoms with E-state index in [1.54, 1.807) is 0 Å². The highest BCUT2D eigenvalue weighted by Gasteiger charge is 2.36. The van der Waals surface area contributed by atoms with Crippen molar-refractivity contribution in [3.63, 3.8) is 0 Å². The molecule has 1 aromatic carbocycles. The van der Waals surface area contributed by atoms with Crippen LogP contribution in [-0.4, -0.2) is 0 Å². The van der Waals surface area contributed by atoms with Gasteiger partial charge in [0.05, 0.1) is 11.5 Å². The van der Waals surface area contributed by atoms with Crippen LogP contribution in [0.3, 0.4) is 0 Å². The molecule has 0 N–H and O–H groups in total. The highest BCUT2D eigenvalue weighted by molar-refractivity contribution is 14.1. The zero-order valence-corrected chi connectivity index (χ0v) is 10.1. The molecule has 0 unspecified atom stereocenters. The van der Waals surface area contributed by atoms with E-state index in [0.717, 1.165) is 19.3 Å². The summed E-state index contributed by atoms with van der Waals surface area (Å²) in [5, 5.41) is 9.10. The second-order valence-electron chi connectivity index (χ2n) is 4.05. The lowest BCUT2D eigenvalue weighted by molar-refractivity contribution is 0.214. The molecule has 1 saturated carbocycles. The van der Waals surface area contributed by atoms with Crippen LogP contribution in [0.25, 0.3) is 0 Å². The summed E-state index contributed by atoms with van der Waals surface area (Å²) < 4.78 is 1.26. The summed E-state index contributed by atoms with van der Waals surface area (Å²) in [6, 6.07) is 11.0. The minimum absolute atomic E-state index is 0.0349. The molecule has 2 rings (SSSR count). The van der Waals surface area contributed by atoms with E-state index in [2.05, 4.69) is 52.9 Å². The third-order valence-corrected chi connectivity index (χ3v) is 3.72. The van der Waals surface area contributed by atoms with Gasteiger partial charge in [0.1, 0.15) is 0 Å². The molecule has 0 amide bonds. The first-order valence-corrected chi connectivity index (χ1v) is 5.98. The minimum atomic E-state index is -0.0349. The van der Waals surface area contributed by atoms with Gasteiger partial charge in [-0.3, -0.25) is 0 Å². The molecule has 0 aliphatic heterocycles. The number of hydrogen-bond acceptors (Lipinski definition) is 1. The Morgan fingerprint density at radius 1 is 1.29 bits per heavy atom. The van der Waals surface area contributed by atoms with Crippen LogP contribution in [0.1, 0.15) is 24.8 Å². The van der Waals surface area contributed by atoms with E-state index in [1.165, 1.54) is 15.6 Å². The maximum absolute atomic E-state index is 9.10. The zero-order chi connectivity index (χ0) is 10.0. The van der Waals surface area contributed by atoms with E-state index in [9.17, 15) is 0 Å². The molecular formula is C12H12IN. The summed E-state index contributed by atoms with van der Waals surface area (Å²) in [6.45, 7) is 0. The number of halogens is 1. The molecule has 0 spiro atoms. The van der Waals surface area contributed by atoms with Crippen molar-refractivity contribution in [1.82, 2.24) is 0 Å². The number of nitrogens with zero attached hydrogens (tertiary/aromatic N) is 1. The van der Waals surface area contributed by atoms with E-state index < -0.39 is 0 Å². The van der Waals surface area contributed by atoms with Crippen molar-refractivity contribution in [1.29, 1.82) is 5.26 Å². The van der Waals surface area contributed by atoms with E-state index in [-0.39, 0.29) is 5.41 Å². The Balaban J connectivity index is 2.11. The molecule has 1 nitrogen and oxygen atoms in total. The summed E-state index contributed by atoms with van der Waals surface area (Å²) in [6.07, 6.45) is 4.31. The predicted octanol–water partition coefficient (Wildman–Crippen LogP) is 3.53. The van der Waals surface area contributed by atoms with Crippen molar-refractivity contribution in [2.45, 2.75) is 25.7 Å². The van der Waals surface area contributed by atoms with Crippen LogP contribution in [-0.2, 0) is 6.42 Å². The molecule has 0 heterocycles. The molecule has 2 heteroatoms. The van der Waals surface area contributed by atoms with Crippen molar-refractivity contribution < 1.29 is 0 Å². The molecule has 0 atom stereocenters. The largest absolute Gasteiger partial charge is 0.198 e. The summed E-state index contributed by atoms with van der Waals surface area (Å²) >= 11 is 2.30. The average Bonchev–Trinajstić information content (AvgIpc) is 2.15. The Labute approximate surface area is 98.3 Å². The van der Waals surface area contributed by atoms with Gasteiger partial charge in [0.15, 0.2) is 0 Å². The molecular weight excluding hydrogens is 285 g/mol. The molecule has 0 aromatic heterocycles. The Morgan fingerprint density at radius 2 is 1.93 bits per heavy atom. The Morgan fingerprint density at radius 3 is 2.36 bits per heavy atom. The molecule has 0 saturated heterocycles. The molecule has 1 aromatic rings. The first-order valence-electron chi connectivity index (χ1n) is 4.90. The van der Waals surface area contributed by atoms with Gasteiger partial charge in [0.25, 0.3) is 0 Å². The fourth-order valence-electron chi connectivity index (χ4n) is 1.92. The first-order chi connectivity index (χ1) is 6.74. The first kappa shape index (κ1) is 9.97. The van der Waals surface area contributed by atoms with Crippen molar-refractivity contribution in [2.75, 3.05) is 0 Å². The van der Waals surface area contributed by atoms with Crippen LogP contribution in [0, 0.1) is 20.3 Å². The molecule has 14 heavy (non-hydrogen) atoms. The van der Waals surface area contributed by atoms with E-state index in [1.807, 2.05) is 0 Å². The number of rotatable bonds is 2. The second-order valence-corrected chi connectivity index (χ2v) is 5.29. The number of nitriles is 1. The smallest absolute Gasteiger partial charge is 0.0693 e. The third kappa shape index (κ3) is 1.93. The Hall–Kier alpha value is -0.560. The monoisotopic (exact) mass is 297 g/mol. The van der Waals surface area contributed by atoms with Gasteiger partial charge in [-0.25, -0.2) is 0 Å². The molecule has 1 aliphatic rings. The van der Waals surface area contributed by atoms with Crippen molar-refractivity contribution >= 4 is 22.6 Å². The van der Waals surface area contributed by atoms with E-state index >= 15 is 0 Å². The average molecular weight is 297 g/mol. The second kappa shape index (κ2) is 3.90. The van der Waals surface area contributed by atoms with Crippen molar-refractivity contribution in [3.8, 4) is 6.07 Å². The summed E-state index contributed by atoms with van der Waals surface area (Å²) in [5.74, 6) is 0. The fraction of sp³-hybridized carbons (Fsp3) is 0.417. The van der Waals surface area contributed by atoms with Crippen LogP contribution in [0.5, 0.6) is 0 Å². The van der Waals surface area contributed by atoms with Crippen molar-refractivity contribution in [2.24, 2.45) is 5.41 Å². The lowest BCUT2D eigenvalue weighted by Crippen LogP contribution is -2.29. The van der Waals surface area contributed by atoms with Gasteiger partial charge in [-0.05, 0) is 59.5 Å². The SMILES string of the molecule is N#CC1(Cc2ccc(I)cc2)CCC1. The van der Waals surface area contributed by atoms with Gasteiger partial charge in [-0.2, -0.15) is 5.26 Å². The molecule has 1 aliphatic carbocycles. The Kier molecular flexibility index (Phi) is 2.78. The molecule has 72 valence electrons. The third-order valence-electron chi connectivity index (χ3n) is 3.00.